The maximum Gasteiger partial charge on any atom is 0.340 e. The van der Waals surface area contributed by atoms with Crippen molar-refractivity contribution in [3.05, 3.63) is 28.6 Å². The predicted octanol–water partition coefficient (Wildman–Crippen LogP) is 1.96. The number of aromatic nitrogens is 1. The Labute approximate surface area is 97.8 Å². The Bertz CT molecular complexity index is 422. The van der Waals surface area contributed by atoms with Gasteiger partial charge in [-0.3, -0.25) is 4.98 Å². The summed E-state index contributed by atoms with van der Waals surface area (Å²) in [6.45, 7) is 3.26. The number of ether oxygens (including phenoxy) is 1. The zero-order valence-electron chi connectivity index (χ0n) is 9.67. The molecule has 0 unspecified atom stereocenters. The number of hydrogen-bond donors (Lipinski definition) is 1. The van der Waals surface area contributed by atoms with Crippen LogP contribution in [0.1, 0.15) is 40.7 Å². The number of carbonyl (C=O) groups is 1. The van der Waals surface area contributed by atoms with Gasteiger partial charge >= 0.3 is 5.97 Å². The third kappa shape index (κ3) is 2.97. The van der Waals surface area contributed by atoms with E-state index in [1.165, 1.54) is 6.07 Å². The summed E-state index contributed by atoms with van der Waals surface area (Å²) in [4.78, 5) is 15.3. The van der Waals surface area contributed by atoms with Gasteiger partial charge < -0.3 is 10.5 Å². The summed E-state index contributed by atoms with van der Waals surface area (Å²) in [5.41, 5.74) is 5.39. The molecule has 1 rings (SSSR count). The molecule has 1 aromatic rings. The summed E-state index contributed by atoms with van der Waals surface area (Å²) < 4.78 is 30.4. The smallest absolute Gasteiger partial charge is 0.340 e. The highest BCUT2D eigenvalue weighted by Crippen LogP contribution is 2.25. The van der Waals surface area contributed by atoms with Gasteiger partial charge in [0, 0.05) is 12.2 Å². The van der Waals surface area contributed by atoms with E-state index in [0.717, 1.165) is 0 Å². The van der Waals surface area contributed by atoms with Crippen LogP contribution in [0.15, 0.2) is 6.07 Å². The third-order valence-corrected chi connectivity index (χ3v) is 2.16. The first-order chi connectivity index (χ1) is 8.01. The summed E-state index contributed by atoms with van der Waals surface area (Å²) in [5.74, 6) is -0.809. The molecule has 0 saturated carbocycles. The van der Waals surface area contributed by atoms with E-state index in [9.17, 15) is 13.6 Å². The lowest BCUT2D eigenvalue weighted by atomic mass is 10.1. The number of halogens is 2. The molecule has 17 heavy (non-hydrogen) atoms. The summed E-state index contributed by atoms with van der Waals surface area (Å²) in [7, 11) is 0. The molecule has 2 N–H and O–H groups in total. The highest BCUT2D eigenvalue weighted by Gasteiger charge is 2.24. The first kappa shape index (κ1) is 13.5. The topological polar surface area (TPSA) is 65.2 Å². The number of nitrogens with two attached hydrogens (primary N) is 1. The molecule has 4 nitrogen and oxygen atoms in total. The van der Waals surface area contributed by atoms with Crippen molar-refractivity contribution in [3.63, 3.8) is 0 Å². The van der Waals surface area contributed by atoms with Gasteiger partial charge in [-0.1, -0.05) is 0 Å². The molecule has 6 heteroatoms. The fraction of sp³-hybridized carbons (Fsp3) is 0.455. The maximum atomic E-state index is 12.8. The molecular formula is C11H14F2N2O2. The summed E-state index contributed by atoms with van der Waals surface area (Å²) in [5, 5.41) is 0. The third-order valence-electron chi connectivity index (χ3n) is 2.16. The second kappa shape index (κ2) is 5.67. The van der Waals surface area contributed by atoms with Crippen LogP contribution in [-0.2, 0) is 11.3 Å². The molecule has 0 saturated heterocycles. The van der Waals surface area contributed by atoms with Gasteiger partial charge in [0.2, 0.25) is 0 Å². The Kier molecular flexibility index (Phi) is 4.51. The van der Waals surface area contributed by atoms with E-state index in [0.29, 0.717) is 11.3 Å². The molecule has 94 valence electrons. The molecule has 0 aromatic carbocycles. The van der Waals surface area contributed by atoms with E-state index < -0.39 is 18.1 Å². The number of alkyl halides is 2. The Hall–Kier alpha value is -1.56. The normalized spacial score (nSPS) is 10.7. The van der Waals surface area contributed by atoms with Crippen molar-refractivity contribution < 1.29 is 18.3 Å². The summed E-state index contributed by atoms with van der Waals surface area (Å²) >= 11 is 0. The minimum absolute atomic E-state index is 0.0166. The van der Waals surface area contributed by atoms with E-state index in [4.69, 9.17) is 10.5 Å². The Morgan fingerprint density at radius 2 is 2.24 bits per heavy atom. The first-order valence-electron chi connectivity index (χ1n) is 5.17. The number of pyridine rings is 1. The Morgan fingerprint density at radius 1 is 1.59 bits per heavy atom. The number of rotatable bonds is 4. The number of esters is 1. The monoisotopic (exact) mass is 244 g/mol. The molecule has 0 aliphatic heterocycles. The largest absolute Gasteiger partial charge is 0.462 e. The minimum Gasteiger partial charge on any atom is -0.462 e. The van der Waals surface area contributed by atoms with Gasteiger partial charge in [0.25, 0.3) is 6.43 Å². The van der Waals surface area contributed by atoms with Crippen LogP contribution in [-0.4, -0.2) is 17.6 Å². The zero-order valence-corrected chi connectivity index (χ0v) is 9.67. The number of carbonyl (C=O) groups excluding carboxylic acids is 1. The highest BCUT2D eigenvalue weighted by atomic mass is 19.3. The Morgan fingerprint density at radius 3 is 2.71 bits per heavy atom. The van der Waals surface area contributed by atoms with E-state index in [1.807, 2.05) is 0 Å². The van der Waals surface area contributed by atoms with Gasteiger partial charge in [-0.2, -0.15) is 0 Å². The van der Waals surface area contributed by atoms with Crippen LogP contribution in [0.5, 0.6) is 0 Å². The van der Waals surface area contributed by atoms with E-state index in [1.54, 1.807) is 13.8 Å². The highest BCUT2D eigenvalue weighted by molar-refractivity contribution is 5.92. The average Bonchev–Trinajstić information content (AvgIpc) is 2.27. The van der Waals surface area contributed by atoms with Crippen LogP contribution >= 0.6 is 0 Å². The van der Waals surface area contributed by atoms with Gasteiger partial charge in [0.05, 0.1) is 12.2 Å². The first-order valence-corrected chi connectivity index (χ1v) is 5.17. The summed E-state index contributed by atoms with van der Waals surface area (Å²) in [6.07, 6.45) is -2.83. The van der Waals surface area contributed by atoms with Crippen LogP contribution in [0.3, 0.4) is 0 Å². The van der Waals surface area contributed by atoms with Crippen LogP contribution in [0.25, 0.3) is 0 Å². The van der Waals surface area contributed by atoms with E-state index in [-0.39, 0.29) is 18.7 Å². The van der Waals surface area contributed by atoms with Gasteiger partial charge in [0.1, 0.15) is 5.69 Å². The molecule has 1 heterocycles. The van der Waals surface area contributed by atoms with Crippen molar-refractivity contribution in [3.8, 4) is 0 Å². The molecule has 0 bridgehead atoms. The van der Waals surface area contributed by atoms with Gasteiger partial charge in [0.15, 0.2) is 0 Å². The standard InChI is InChI=1S/C11H14F2N2O2/c1-3-17-11(16)8-7(5-14)4-6(2)15-9(8)10(12)13/h4,10H,3,5,14H2,1-2H3. The van der Waals surface area contributed by atoms with Crippen molar-refractivity contribution in [2.24, 2.45) is 5.73 Å². The molecule has 1 aromatic heterocycles. The SMILES string of the molecule is CCOC(=O)c1c(CN)cc(C)nc1C(F)F. The lowest BCUT2D eigenvalue weighted by Crippen LogP contribution is -2.16. The molecule has 0 amide bonds. The van der Waals surface area contributed by atoms with Crippen molar-refractivity contribution in [1.82, 2.24) is 4.98 Å². The van der Waals surface area contributed by atoms with Crippen LogP contribution < -0.4 is 5.73 Å². The van der Waals surface area contributed by atoms with Crippen molar-refractivity contribution in [2.75, 3.05) is 6.61 Å². The molecule has 0 atom stereocenters. The predicted molar refractivity (Wildman–Crippen MR) is 57.8 cm³/mol. The number of nitrogens with zero attached hydrogens (tertiary/aromatic N) is 1. The molecule has 0 fully saturated rings. The maximum absolute atomic E-state index is 12.8. The van der Waals surface area contributed by atoms with Gasteiger partial charge in [-0.25, -0.2) is 13.6 Å². The average molecular weight is 244 g/mol. The lowest BCUT2D eigenvalue weighted by molar-refractivity contribution is 0.0512. The minimum atomic E-state index is -2.83. The van der Waals surface area contributed by atoms with Crippen molar-refractivity contribution in [1.29, 1.82) is 0 Å². The van der Waals surface area contributed by atoms with Crippen molar-refractivity contribution >= 4 is 5.97 Å². The Balaban J connectivity index is 3.36. The fourth-order valence-corrected chi connectivity index (χ4v) is 1.52. The fourth-order valence-electron chi connectivity index (χ4n) is 1.52. The van der Waals surface area contributed by atoms with Crippen LogP contribution in [0, 0.1) is 6.92 Å². The van der Waals surface area contributed by atoms with Crippen molar-refractivity contribution in [2.45, 2.75) is 26.8 Å². The summed E-state index contributed by atoms with van der Waals surface area (Å²) in [6, 6.07) is 1.51. The zero-order chi connectivity index (χ0) is 13.0. The van der Waals surface area contributed by atoms with E-state index in [2.05, 4.69) is 4.98 Å². The van der Waals surface area contributed by atoms with Gasteiger partial charge in [-0.05, 0) is 25.5 Å². The lowest BCUT2D eigenvalue weighted by Gasteiger charge is -2.12. The molecule has 0 spiro atoms. The second-order valence-electron chi connectivity index (χ2n) is 3.41. The molecule has 0 aliphatic rings. The molecule has 0 radical (unpaired) electrons. The number of aryl methyl sites for hydroxylation is 1. The van der Waals surface area contributed by atoms with Gasteiger partial charge in [-0.15, -0.1) is 0 Å². The quantitative estimate of drug-likeness (QED) is 0.822. The van der Waals surface area contributed by atoms with E-state index >= 15 is 0 Å². The van der Waals surface area contributed by atoms with Crippen LogP contribution in [0.2, 0.25) is 0 Å². The molecular weight excluding hydrogens is 230 g/mol. The van der Waals surface area contributed by atoms with Crippen LogP contribution in [0.4, 0.5) is 8.78 Å². The number of hydrogen-bond acceptors (Lipinski definition) is 4. The second-order valence-corrected chi connectivity index (χ2v) is 3.41. The molecule has 0 aliphatic carbocycles.